The lowest BCUT2D eigenvalue weighted by Gasteiger charge is -2.12. The minimum absolute atomic E-state index is 0.0779. The van der Waals surface area contributed by atoms with Gasteiger partial charge in [0.2, 0.25) is 5.95 Å². The molecule has 0 fully saturated rings. The van der Waals surface area contributed by atoms with Crippen LogP contribution in [0.25, 0.3) is 11.2 Å². The van der Waals surface area contributed by atoms with Crippen molar-refractivity contribution in [2.24, 2.45) is 0 Å². The van der Waals surface area contributed by atoms with E-state index in [1.807, 2.05) is 13.8 Å². The number of halogens is 1. The first-order valence-electron chi connectivity index (χ1n) is 8.21. The van der Waals surface area contributed by atoms with Crippen LogP contribution in [0, 0.1) is 0 Å². The summed E-state index contributed by atoms with van der Waals surface area (Å²) in [5.74, 6) is 0.830. The van der Waals surface area contributed by atoms with Crippen molar-refractivity contribution in [3.05, 3.63) is 23.2 Å². The first-order chi connectivity index (χ1) is 12.3. The number of hydrogen-bond acceptors (Lipinski definition) is 8. The number of aliphatic hydroxyl groups is 1. The van der Waals surface area contributed by atoms with Crippen molar-refractivity contribution in [2.45, 2.75) is 32.9 Å². The Balaban J connectivity index is 2.06. The van der Waals surface area contributed by atoms with Gasteiger partial charge in [0.1, 0.15) is 0 Å². The number of hydrogen-bond donors (Lipinski definition) is 4. The minimum Gasteiger partial charge on any atom is -0.399 e. The molecule has 0 bridgehead atoms. The highest BCUT2D eigenvalue weighted by Crippen LogP contribution is 2.27. The Morgan fingerprint density at radius 3 is 2.65 bits per heavy atom. The highest BCUT2D eigenvalue weighted by atomic mass is 35.5. The van der Waals surface area contributed by atoms with Crippen molar-refractivity contribution in [3.8, 4) is 0 Å². The van der Waals surface area contributed by atoms with E-state index in [-0.39, 0.29) is 6.04 Å². The lowest BCUT2D eigenvalue weighted by molar-refractivity contribution is 0.208. The molecule has 0 amide bonds. The van der Waals surface area contributed by atoms with Crippen LogP contribution in [-0.4, -0.2) is 42.7 Å². The summed E-state index contributed by atoms with van der Waals surface area (Å²) in [6, 6.07) is 5.22. The Morgan fingerprint density at radius 1 is 1.23 bits per heavy atom. The number of aliphatic hydroxyl groups excluding tert-OH is 1. The molecule has 1 unspecified atom stereocenters. The molecule has 10 heteroatoms. The fraction of sp³-hybridized carbons (Fsp3) is 0.375. The predicted octanol–water partition coefficient (Wildman–Crippen LogP) is 2.57. The highest BCUT2D eigenvalue weighted by Gasteiger charge is 2.17. The molecule has 3 aromatic rings. The Morgan fingerprint density at radius 2 is 2.00 bits per heavy atom. The van der Waals surface area contributed by atoms with Crippen LogP contribution < -0.4 is 16.4 Å². The molecule has 0 spiro atoms. The van der Waals surface area contributed by atoms with Crippen LogP contribution in [0.1, 0.15) is 26.8 Å². The molecular weight excluding hydrogens is 356 g/mol. The summed E-state index contributed by atoms with van der Waals surface area (Å²) in [7, 11) is 0. The van der Waals surface area contributed by atoms with E-state index in [0.717, 1.165) is 0 Å². The molecule has 5 N–H and O–H groups in total. The average molecular weight is 377 g/mol. The molecule has 0 saturated heterocycles. The number of anilines is 4. The maximum Gasteiger partial charge on any atom is 0.226 e. The number of benzene rings is 1. The molecule has 1 aromatic carbocycles. The third-order valence-electron chi connectivity index (χ3n) is 3.55. The summed E-state index contributed by atoms with van der Waals surface area (Å²) in [4.78, 5) is 8.94. The second kappa shape index (κ2) is 7.30. The van der Waals surface area contributed by atoms with Crippen LogP contribution in [0.2, 0.25) is 5.02 Å². The molecule has 3 rings (SSSR count). The second-order valence-electron chi connectivity index (χ2n) is 6.32. The second-order valence-corrected chi connectivity index (χ2v) is 6.76. The lowest BCUT2D eigenvalue weighted by atomic mass is 10.3. The van der Waals surface area contributed by atoms with E-state index in [2.05, 4.69) is 30.9 Å². The molecule has 2 heterocycles. The Labute approximate surface area is 155 Å². The fourth-order valence-corrected chi connectivity index (χ4v) is 2.65. The predicted molar refractivity (Wildman–Crippen MR) is 103 cm³/mol. The van der Waals surface area contributed by atoms with Gasteiger partial charge in [-0.2, -0.15) is 9.97 Å². The first kappa shape index (κ1) is 18.2. The molecule has 1 atom stereocenters. The van der Waals surface area contributed by atoms with Gasteiger partial charge in [0, 0.05) is 22.9 Å². The van der Waals surface area contributed by atoms with Crippen molar-refractivity contribution in [1.29, 1.82) is 0 Å². The first-order valence-corrected chi connectivity index (χ1v) is 8.59. The zero-order chi connectivity index (χ0) is 18.8. The van der Waals surface area contributed by atoms with Gasteiger partial charge in [-0.15, -0.1) is 5.10 Å². The zero-order valence-electron chi connectivity index (χ0n) is 14.7. The molecule has 0 saturated carbocycles. The quantitative estimate of drug-likeness (QED) is 0.483. The molecule has 0 aliphatic heterocycles. The molecule has 138 valence electrons. The number of fused-ring (bicyclic) bond motifs is 1. The van der Waals surface area contributed by atoms with E-state index in [4.69, 9.17) is 17.3 Å². The van der Waals surface area contributed by atoms with Crippen molar-refractivity contribution in [2.75, 3.05) is 22.9 Å². The van der Waals surface area contributed by atoms with Gasteiger partial charge >= 0.3 is 0 Å². The molecule has 9 nitrogen and oxygen atoms in total. The number of rotatable bonds is 6. The van der Waals surface area contributed by atoms with Crippen molar-refractivity contribution in [1.82, 2.24) is 25.0 Å². The van der Waals surface area contributed by atoms with Crippen molar-refractivity contribution in [3.63, 3.8) is 0 Å². The van der Waals surface area contributed by atoms with Crippen LogP contribution in [0.15, 0.2) is 18.2 Å². The molecule has 0 radical (unpaired) electrons. The van der Waals surface area contributed by atoms with Gasteiger partial charge in [-0.25, -0.2) is 4.68 Å². The highest BCUT2D eigenvalue weighted by molar-refractivity contribution is 6.31. The summed E-state index contributed by atoms with van der Waals surface area (Å²) >= 11 is 6.07. The van der Waals surface area contributed by atoms with Crippen molar-refractivity contribution < 1.29 is 5.11 Å². The molecule has 26 heavy (non-hydrogen) atoms. The smallest absolute Gasteiger partial charge is 0.226 e. The molecule has 0 aliphatic carbocycles. The number of nitrogen functional groups attached to an aromatic ring is 1. The number of nitrogens with zero attached hydrogens (tertiary/aromatic N) is 5. The lowest BCUT2D eigenvalue weighted by Crippen LogP contribution is -2.17. The number of aromatic nitrogens is 5. The summed E-state index contributed by atoms with van der Waals surface area (Å²) < 4.78 is 1.71. The van der Waals surface area contributed by atoms with E-state index in [1.54, 1.807) is 29.8 Å². The van der Waals surface area contributed by atoms with Crippen LogP contribution in [0.3, 0.4) is 0 Å². The van der Waals surface area contributed by atoms with Gasteiger partial charge in [-0.05, 0) is 39.0 Å². The van der Waals surface area contributed by atoms with Crippen LogP contribution in [0.4, 0.5) is 23.1 Å². The topological polar surface area (TPSA) is 127 Å². The van der Waals surface area contributed by atoms with Gasteiger partial charge in [0.05, 0.1) is 12.1 Å². The Hall–Kier alpha value is -2.65. The third kappa shape index (κ3) is 3.94. The largest absolute Gasteiger partial charge is 0.399 e. The van der Waals surface area contributed by atoms with Crippen molar-refractivity contribution >= 4 is 45.9 Å². The van der Waals surface area contributed by atoms with Gasteiger partial charge in [-0.1, -0.05) is 16.8 Å². The standard InChI is InChI=1S/C16H21ClN8O/c1-8(2)25-15-13(23-24-25)14(21-16(22-15)19-7-9(3)26)20-12-5-10(17)4-11(18)6-12/h4-6,8-9,26H,7,18H2,1-3H3,(H2,19,20,21,22). The number of nitrogens with two attached hydrogens (primary N) is 1. The maximum absolute atomic E-state index is 9.50. The summed E-state index contributed by atoms with van der Waals surface area (Å²) in [6.07, 6.45) is -0.536. The maximum atomic E-state index is 9.50. The molecular formula is C16H21ClN8O. The molecule has 2 aromatic heterocycles. The van der Waals surface area contributed by atoms with Gasteiger partial charge in [0.25, 0.3) is 0 Å². The SMILES string of the molecule is CC(O)CNc1nc(Nc2cc(N)cc(Cl)c2)c2nnn(C(C)C)c2n1. The van der Waals surface area contributed by atoms with Gasteiger partial charge in [-0.3, -0.25) is 0 Å². The summed E-state index contributed by atoms with van der Waals surface area (Å²) in [5, 5.41) is 24.6. The zero-order valence-corrected chi connectivity index (χ0v) is 15.5. The summed E-state index contributed by atoms with van der Waals surface area (Å²) in [5.41, 5.74) is 8.17. The summed E-state index contributed by atoms with van der Waals surface area (Å²) in [6.45, 7) is 5.98. The van der Waals surface area contributed by atoms with E-state index in [0.29, 0.717) is 45.9 Å². The van der Waals surface area contributed by atoms with Crippen LogP contribution in [-0.2, 0) is 0 Å². The van der Waals surface area contributed by atoms with Crippen LogP contribution in [0.5, 0.6) is 0 Å². The Kier molecular flexibility index (Phi) is 5.10. The van der Waals surface area contributed by atoms with Gasteiger partial charge < -0.3 is 21.5 Å². The normalized spacial score (nSPS) is 12.5. The fourth-order valence-electron chi connectivity index (χ4n) is 2.40. The van der Waals surface area contributed by atoms with E-state index >= 15 is 0 Å². The minimum atomic E-state index is -0.536. The molecule has 0 aliphatic rings. The van der Waals surface area contributed by atoms with E-state index < -0.39 is 6.10 Å². The Bertz CT molecular complexity index is 904. The monoisotopic (exact) mass is 376 g/mol. The van der Waals surface area contributed by atoms with Crippen LogP contribution >= 0.6 is 11.6 Å². The van der Waals surface area contributed by atoms with E-state index in [1.165, 1.54) is 0 Å². The van der Waals surface area contributed by atoms with Gasteiger partial charge in [0.15, 0.2) is 17.0 Å². The number of nitrogens with one attached hydrogen (secondary N) is 2. The third-order valence-corrected chi connectivity index (χ3v) is 3.77. The average Bonchev–Trinajstić information content (AvgIpc) is 2.96. The van der Waals surface area contributed by atoms with E-state index in [9.17, 15) is 5.11 Å².